The van der Waals surface area contributed by atoms with E-state index in [0.717, 1.165) is 24.5 Å². The number of hydrogen-bond donors (Lipinski definition) is 0. The van der Waals surface area contributed by atoms with Crippen LogP contribution in [0.25, 0.3) is 0 Å². The monoisotopic (exact) mass is 322 g/mol. The number of allylic oxidation sites excluding steroid dienone is 1. The Morgan fingerprint density at radius 1 is 1.00 bits per heavy atom. The Hall–Kier alpha value is -1.26. The molecule has 126 valence electrons. The second kappa shape index (κ2) is 7.54. The van der Waals surface area contributed by atoms with Gasteiger partial charge in [-0.2, -0.15) is 0 Å². The van der Waals surface area contributed by atoms with Gasteiger partial charge in [-0.15, -0.1) is 6.58 Å². The van der Waals surface area contributed by atoms with Crippen LogP contribution in [-0.4, -0.2) is 13.2 Å². The molecule has 0 aromatic heterocycles. The summed E-state index contributed by atoms with van der Waals surface area (Å²) in [7, 11) is 0. The molecule has 0 unspecified atom stereocenters. The van der Waals surface area contributed by atoms with Gasteiger partial charge in [-0.05, 0) is 56.1 Å². The van der Waals surface area contributed by atoms with Crippen LogP contribution in [-0.2, 0) is 9.47 Å². The second-order valence-electron chi connectivity index (χ2n) is 6.74. The maximum atomic E-state index is 13.3. The molecule has 1 aliphatic heterocycles. The highest BCUT2D eigenvalue weighted by atomic mass is 19.2. The third-order valence-electron chi connectivity index (χ3n) is 5.20. The Kier molecular flexibility index (Phi) is 5.44. The number of benzene rings is 1. The van der Waals surface area contributed by atoms with E-state index < -0.39 is 17.9 Å². The van der Waals surface area contributed by atoms with Crippen LogP contribution in [0.1, 0.15) is 44.0 Å². The van der Waals surface area contributed by atoms with E-state index in [-0.39, 0.29) is 0 Å². The molecule has 0 atom stereocenters. The minimum absolute atomic E-state index is 0.404. The average Bonchev–Trinajstić information content (AvgIpc) is 2.59. The zero-order valence-electron chi connectivity index (χ0n) is 13.3. The van der Waals surface area contributed by atoms with Crippen LogP contribution in [0.5, 0.6) is 0 Å². The lowest BCUT2D eigenvalue weighted by Gasteiger charge is -2.37. The van der Waals surface area contributed by atoms with Crippen molar-refractivity contribution in [1.82, 2.24) is 0 Å². The minimum Gasteiger partial charge on any atom is -0.348 e. The predicted octanol–water partition coefficient (Wildman–Crippen LogP) is 5.01. The third kappa shape index (κ3) is 3.99. The fourth-order valence-corrected chi connectivity index (χ4v) is 3.77. The van der Waals surface area contributed by atoms with Gasteiger partial charge < -0.3 is 9.47 Å². The molecule has 1 saturated carbocycles. The third-order valence-corrected chi connectivity index (χ3v) is 5.20. The maximum absolute atomic E-state index is 13.3. The molecule has 2 aliphatic rings. The molecule has 0 bridgehead atoms. The van der Waals surface area contributed by atoms with Gasteiger partial charge in [-0.25, -0.2) is 8.78 Å². The summed E-state index contributed by atoms with van der Waals surface area (Å²) in [6.07, 6.45) is 7.47. The van der Waals surface area contributed by atoms with E-state index in [1.807, 2.05) is 6.08 Å². The van der Waals surface area contributed by atoms with Crippen molar-refractivity contribution in [3.8, 4) is 0 Å². The summed E-state index contributed by atoms with van der Waals surface area (Å²) in [6, 6.07) is 3.79. The summed E-state index contributed by atoms with van der Waals surface area (Å²) in [5.41, 5.74) is 0.539. The number of ether oxygens (including phenoxy) is 2. The van der Waals surface area contributed by atoms with Crippen molar-refractivity contribution >= 4 is 0 Å². The van der Waals surface area contributed by atoms with Gasteiger partial charge in [0.25, 0.3) is 0 Å². The first-order valence-electron chi connectivity index (χ1n) is 8.46. The molecule has 4 heteroatoms. The van der Waals surface area contributed by atoms with Crippen LogP contribution in [0.3, 0.4) is 0 Å². The van der Waals surface area contributed by atoms with Crippen molar-refractivity contribution < 1.29 is 18.3 Å². The van der Waals surface area contributed by atoms with Crippen molar-refractivity contribution in [1.29, 1.82) is 0 Å². The average molecular weight is 322 g/mol. The summed E-state index contributed by atoms with van der Waals surface area (Å²) in [4.78, 5) is 0. The molecule has 0 radical (unpaired) electrons. The van der Waals surface area contributed by atoms with Crippen LogP contribution in [0, 0.1) is 29.4 Å². The van der Waals surface area contributed by atoms with Crippen molar-refractivity contribution in [2.45, 2.75) is 38.4 Å². The normalized spacial score (nSPS) is 31.7. The molecule has 3 rings (SSSR count). The van der Waals surface area contributed by atoms with Crippen molar-refractivity contribution in [3.63, 3.8) is 0 Å². The summed E-state index contributed by atoms with van der Waals surface area (Å²) in [5, 5.41) is 0. The number of rotatable bonds is 4. The molecule has 0 amide bonds. The Balaban J connectivity index is 1.50. The smallest absolute Gasteiger partial charge is 0.183 e. The lowest BCUT2D eigenvalue weighted by Crippen LogP contribution is -2.34. The van der Waals surface area contributed by atoms with Crippen LogP contribution in [0.2, 0.25) is 0 Å². The summed E-state index contributed by atoms with van der Waals surface area (Å²) < 4.78 is 37.8. The summed E-state index contributed by atoms with van der Waals surface area (Å²) in [6.45, 7) is 5.07. The summed E-state index contributed by atoms with van der Waals surface area (Å²) in [5.74, 6) is 0.114. The Labute approximate surface area is 136 Å². The second-order valence-corrected chi connectivity index (χ2v) is 6.74. The lowest BCUT2D eigenvalue weighted by molar-refractivity contribution is -0.214. The van der Waals surface area contributed by atoms with E-state index in [1.54, 1.807) is 0 Å². The predicted molar refractivity (Wildman–Crippen MR) is 84.8 cm³/mol. The highest BCUT2D eigenvalue weighted by molar-refractivity contribution is 5.19. The molecule has 2 nitrogen and oxygen atoms in total. The Morgan fingerprint density at radius 3 is 2.30 bits per heavy atom. The highest BCUT2D eigenvalue weighted by Gasteiger charge is 2.32. The molecule has 23 heavy (non-hydrogen) atoms. The molecule has 1 aromatic carbocycles. The Bertz CT molecular complexity index is 530. The zero-order chi connectivity index (χ0) is 16.2. The van der Waals surface area contributed by atoms with Crippen molar-refractivity contribution in [2.24, 2.45) is 17.8 Å². The quantitative estimate of drug-likeness (QED) is 0.726. The van der Waals surface area contributed by atoms with E-state index in [0.29, 0.717) is 30.6 Å². The minimum atomic E-state index is -0.864. The van der Waals surface area contributed by atoms with Crippen LogP contribution >= 0.6 is 0 Å². The molecule has 1 heterocycles. The van der Waals surface area contributed by atoms with Gasteiger partial charge in [-0.1, -0.05) is 12.1 Å². The van der Waals surface area contributed by atoms with Crippen LogP contribution in [0.15, 0.2) is 30.9 Å². The first-order valence-corrected chi connectivity index (χ1v) is 8.46. The largest absolute Gasteiger partial charge is 0.348 e. The van der Waals surface area contributed by atoms with Gasteiger partial charge in [0.2, 0.25) is 0 Å². The maximum Gasteiger partial charge on any atom is 0.183 e. The van der Waals surface area contributed by atoms with E-state index in [2.05, 4.69) is 6.58 Å². The molecule has 0 N–H and O–H groups in total. The fourth-order valence-electron chi connectivity index (χ4n) is 3.77. The first kappa shape index (κ1) is 16.6. The standard InChI is InChI=1S/C19H24F2O2/c1-2-3-13-4-6-14(7-5-13)16-11-22-19(23-12-16)15-8-9-17(20)18(21)10-15/h2,8-10,13-14,16,19H,1,3-7,11-12H2/t13-,14-,16-,19-. The molecular formula is C19H24F2O2. The van der Waals surface area contributed by atoms with Crippen molar-refractivity contribution in [2.75, 3.05) is 13.2 Å². The fraction of sp³-hybridized carbons (Fsp3) is 0.579. The lowest BCUT2D eigenvalue weighted by atomic mass is 9.75. The molecule has 0 spiro atoms. The molecule has 1 aliphatic carbocycles. The van der Waals surface area contributed by atoms with Gasteiger partial charge in [0.15, 0.2) is 17.9 Å². The van der Waals surface area contributed by atoms with E-state index in [4.69, 9.17) is 9.47 Å². The Morgan fingerprint density at radius 2 is 1.70 bits per heavy atom. The topological polar surface area (TPSA) is 18.5 Å². The number of halogens is 2. The van der Waals surface area contributed by atoms with Gasteiger partial charge in [0, 0.05) is 11.5 Å². The molecule has 2 fully saturated rings. The number of hydrogen-bond acceptors (Lipinski definition) is 2. The molecule has 1 saturated heterocycles. The summed E-state index contributed by atoms with van der Waals surface area (Å²) >= 11 is 0. The van der Waals surface area contributed by atoms with Gasteiger partial charge in [0.1, 0.15) is 0 Å². The van der Waals surface area contributed by atoms with Gasteiger partial charge >= 0.3 is 0 Å². The molecular weight excluding hydrogens is 298 g/mol. The van der Waals surface area contributed by atoms with Gasteiger partial charge in [-0.3, -0.25) is 0 Å². The zero-order valence-corrected chi connectivity index (χ0v) is 13.3. The molecule has 1 aromatic rings. The van der Waals surface area contributed by atoms with Gasteiger partial charge in [0.05, 0.1) is 13.2 Å². The van der Waals surface area contributed by atoms with E-state index >= 15 is 0 Å². The van der Waals surface area contributed by atoms with Crippen LogP contribution < -0.4 is 0 Å². The van der Waals surface area contributed by atoms with E-state index in [1.165, 1.54) is 31.7 Å². The first-order chi connectivity index (χ1) is 11.2. The highest BCUT2D eigenvalue weighted by Crippen LogP contribution is 2.38. The van der Waals surface area contributed by atoms with Crippen molar-refractivity contribution in [3.05, 3.63) is 48.1 Å². The van der Waals surface area contributed by atoms with E-state index in [9.17, 15) is 8.78 Å². The van der Waals surface area contributed by atoms with Crippen LogP contribution in [0.4, 0.5) is 8.78 Å². The SMILES string of the molecule is C=CC[C@H]1CC[C@H]([C@H]2CO[C@H](c3ccc(F)c(F)c3)OC2)CC1.